The minimum Gasteiger partial charge on any atom is -0.507 e. The van der Waals surface area contributed by atoms with Crippen LogP contribution in [0.2, 0.25) is 0 Å². The van der Waals surface area contributed by atoms with Gasteiger partial charge in [-0.15, -0.1) is 0 Å². The van der Waals surface area contributed by atoms with Gasteiger partial charge in [0.25, 0.3) is 0 Å². The molecule has 1 aromatic carbocycles. The van der Waals surface area contributed by atoms with E-state index in [1.54, 1.807) is 0 Å². The number of carboxylic acid groups (broad SMARTS) is 1. The number of urea groups is 1. The number of carbonyl (C=O) groups excluding carboxylic acids is 1. The lowest BCUT2D eigenvalue weighted by molar-refractivity contribution is 0.0693. The summed E-state index contributed by atoms with van der Waals surface area (Å²) in [6.45, 7) is 4.00. The highest BCUT2D eigenvalue weighted by Gasteiger charge is 2.12. The molecule has 1 aromatic rings. The molecule has 0 fully saturated rings. The van der Waals surface area contributed by atoms with Gasteiger partial charge in [-0.25, -0.2) is 9.59 Å². The van der Waals surface area contributed by atoms with Gasteiger partial charge in [-0.05, 0) is 43.0 Å². The van der Waals surface area contributed by atoms with Gasteiger partial charge in [-0.3, -0.25) is 0 Å². The number of phenols is 1. The Kier molecular flexibility index (Phi) is 6.87. The van der Waals surface area contributed by atoms with Gasteiger partial charge >= 0.3 is 12.0 Å². The Morgan fingerprint density at radius 2 is 2.10 bits per heavy atom. The van der Waals surface area contributed by atoms with Gasteiger partial charge in [0.1, 0.15) is 11.3 Å². The Balaban J connectivity index is 2.55. The molecule has 4 N–H and O–H groups in total. The van der Waals surface area contributed by atoms with Gasteiger partial charge in [0, 0.05) is 11.7 Å². The first-order valence-corrected chi connectivity index (χ1v) is 7.81. The highest BCUT2D eigenvalue weighted by atomic mass is 32.2. The molecule has 21 heavy (non-hydrogen) atoms. The fraction of sp³-hybridized carbons (Fsp3) is 0.429. The van der Waals surface area contributed by atoms with E-state index in [9.17, 15) is 14.7 Å². The molecule has 1 rings (SSSR count). The van der Waals surface area contributed by atoms with Crippen molar-refractivity contribution in [3.63, 3.8) is 0 Å². The zero-order valence-corrected chi connectivity index (χ0v) is 12.9. The third-order valence-electron chi connectivity index (χ3n) is 2.76. The molecular formula is C14H20N2O4S. The van der Waals surface area contributed by atoms with Gasteiger partial charge in [0.15, 0.2) is 0 Å². The van der Waals surface area contributed by atoms with Crippen LogP contribution < -0.4 is 10.6 Å². The lowest BCUT2D eigenvalue weighted by atomic mass is 10.2. The molecule has 7 heteroatoms. The molecule has 0 heterocycles. The number of carboxylic acids is 1. The molecular weight excluding hydrogens is 292 g/mol. The van der Waals surface area contributed by atoms with Crippen molar-refractivity contribution in [1.82, 2.24) is 5.32 Å². The molecule has 0 aliphatic heterocycles. The van der Waals surface area contributed by atoms with Crippen LogP contribution in [0.3, 0.4) is 0 Å². The van der Waals surface area contributed by atoms with Crippen molar-refractivity contribution in [2.24, 2.45) is 0 Å². The van der Waals surface area contributed by atoms with Crippen molar-refractivity contribution >= 4 is 29.4 Å². The van der Waals surface area contributed by atoms with Crippen molar-refractivity contribution < 1.29 is 19.8 Å². The average molecular weight is 312 g/mol. The number of carbonyl (C=O) groups is 2. The summed E-state index contributed by atoms with van der Waals surface area (Å²) < 4.78 is 0. The molecule has 116 valence electrons. The summed E-state index contributed by atoms with van der Waals surface area (Å²) in [5, 5.41) is 23.6. The lowest BCUT2D eigenvalue weighted by Gasteiger charge is -2.14. The molecule has 0 aliphatic carbocycles. The van der Waals surface area contributed by atoms with Gasteiger partial charge in [0.2, 0.25) is 0 Å². The second-order valence-electron chi connectivity index (χ2n) is 4.52. The van der Waals surface area contributed by atoms with Crippen LogP contribution in [0.5, 0.6) is 5.75 Å². The molecule has 2 amide bonds. The number of thioether (sulfide) groups is 1. The van der Waals surface area contributed by atoms with Crippen LogP contribution >= 0.6 is 11.8 Å². The van der Waals surface area contributed by atoms with E-state index in [2.05, 4.69) is 17.6 Å². The average Bonchev–Trinajstić information content (AvgIpc) is 2.40. The number of rotatable bonds is 7. The number of amides is 2. The molecule has 1 atom stereocenters. The summed E-state index contributed by atoms with van der Waals surface area (Å²) in [4.78, 5) is 22.7. The number of aromatic carboxylic acids is 1. The van der Waals surface area contributed by atoms with Crippen molar-refractivity contribution in [2.75, 3.05) is 16.8 Å². The van der Waals surface area contributed by atoms with Gasteiger partial charge in [-0.2, -0.15) is 11.8 Å². The molecule has 0 saturated carbocycles. The first-order chi connectivity index (χ1) is 9.93. The van der Waals surface area contributed by atoms with E-state index in [0.29, 0.717) is 5.69 Å². The third-order valence-corrected chi connectivity index (χ3v) is 3.69. The van der Waals surface area contributed by atoms with E-state index in [4.69, 9.17) is 5.11 Å². The molecule has 0 saturated heterocycles. The molecule has 0 radical (unpaired) electrons. The molecule has 6 nitrogen and oxygen atoms in total. The van der Waals surface area contributed by atoms with E-state index >= 15 is 0 Å². The van der Waals surface area contributed by atoms with Crippen molar-refractivity contribution in [2.45, 2.75) is 26.3 Å². The maximum absolute atomic E-state index is 11.8. The summed E-state index contributed by atoms with van der Waals surface area (Å²) in [6.07, 6.45) is 0.863. The summed E-state index contributed by atoms with van der Waals surface area (Å²) in [5.41, 5.74) is 0.0676. The Morgan fingerprint density at radius 1 is 1.38 bits per heavy atom. The zero-order chi connectivity index (χ0) is 15.8. The number of anilines is 1. The van der Waals surface area contributed by atoms with E-state index in [-0.39, 0.29) is 17.4 Å². The molecule has 0 aromatic heterocycles. The van der Waals surface area contributed by atoms with Crippen LogP contribution in [0.25, 0.3) is 0 Å². The van der Waals surface area contributed by atoms with Crippen LogP contribution in [0.4, 0.5) is 10.5 Å². The predicted molar refractivity (Wildman–Crippen MR) is 84.3 cm³/mol. The monoisotopic (exact) mass is 312 g/mol. The second kappa shape index (κ2) is 8.41. The summed E-state index contributed by atoms with van der Waals surface area (Å²) in [6, 6.07) is 3.53. The first kappa shape index (κ1) is 17.2. The predicted octanol–water partition coefficient (Wildman–Crippen LogP) is 2.74. The summed E-state index contributed by atoms with van der Waals surface area (Å²) in [7, 11) is 0. The number of benzene rings is 1. The van der Waals surface area contributed by atoms with Crippen LogP contribution in [0.1, 0.15) is 30.6 Å². The standard InChI is InChI=1S/C14H20N2O4S/c1-3-21-7-6-9(2)15-14(20)16-10-4-5-12(17)11(8-10)13(18)19/h4-5,8-9,17H,3,6-7H2,1-2H3,(H,18,19)(H2,15,16,20). The van der Waals surface area contributed by atoms with E-state index < -0.39 is 12.0 Å². The number of nitrogens with one attached hydrogen (secondary N) is 2. The van der Waals surface area contributed by atoms with Gasteiger partial charge < -0.3 is 20.8 Å². The fourth-order valence-electron chi connectivity index (χ4n) is 1.65. The van der Waals surface area contributed by atoms with Crippen molar-refractivity contribution in [3.8, 4) is 5.75 Å². The van der Waals surface area contributed by atoms with Crippen LogP contribution in [0.15, 0.2) is 18.2 Å². The van der Waals surface area contributed by atoms with E-state index in [0.717, 1.165) is 17.9 Å². The largest absolute Gasteiger partial charge is 0.507 e. The minimum absolute atomic E-state index is 0.0279. The van der Waals surface area contributed by atoms with Crippen LogP contribution in [0, 0.1) is 0 Å². The third kappa shape index (κ3) is 5.95. The van der Waals surface area contributed by atoms with Gasteiger partial charge in [-0.1, -0.05) is 6.92 Å². The Morgan fingerprint density at radius 3 is 2.71 bits per heavy atom. The van der Waals surface area contributed by atoms with Crippen LogP contribution in [-0.4, -0.2) is 39.8 Å². The summed E-state index contributed by atoms with van der Waals surface area (Å²) >= 11 is 1.81. The Labute approximate surface area is 127 Å². The molecule has 0 aliphatic rings. The maximum Gasteiger partial charge on any atom is 0.339 e. The summed E-state index contributed by atoms with van der Waals surface area (Å²) in [5.74, 6) is 0.435. The SMILES string of the molecule is CCSCCC(C)NC(=O)Nc1ccc(O)c(C(=O)O)c1. The zero-order valence-electron chi connectivity index (χ0n) is 12.0. The normalized spacial score (nSPS) is 11.7. The smallest absolute Gasteiger partial charge is 0.339 e. The number of hydrogen-bond donors (Lipinski definition) is 4. The second-order valence-corrected chi connectivity index (χ2v) is 5.92. The maximum atomic E-state index is 11.8. The number of aromatic hydroxyl groups is 1. The Bertz CT molecular complexity index is 508. The minimum atomic E-state index is -1.25. The fourth-order valence-corrected chi connectivity index (χ4v) is 2.46. The molecule has 0 bridgehead atoms. The number of hydrogen-bond acceptors (Lipinski definition) is 4. The highest BCUT2D eigenvalue weighted by Crippen LogP contribution is 2.21. The Hall–Kier alpha value is -1.89. The van der Waals surface area contributed by atoms with Gasteiger partial charge in [0.05, 0.1) is 0 Å². The van der Waals surface area contributed by atoms with Crippen molar-refractivity contribution in [1.29, 1.82) is 0 Å². The van der Waals surface area contributed by atoms with Crippen molar-refractivity contribution in [3.05, 3.63) is 23.8 Å². The quantitative estimate of drug-likeness (QED) is 0.458. The highest BCUT2D eigenvalue weighted by molar-refractivity contribution is 7.99. The van der Waals surface area contributed by atoms with E-state index in [1.807, 2.05) is 18.7 Å². The van der Waals surface area contributed by atoms with Crippen LogP contribution in [-0.2, 0) is 0 Å². The topological polar surface area (TPSA) is 98.7 Å². The molecule has 0 spiro atoms. The lowest BCUT2D eigenvalue weighted by Crippen LogP contribution is -2.36. The van der Waals surface area contributed by atoms with E-state index in [1.165, 1.54) is 18.2 Å². The molecule has 1 unspecified atom stereocenters. The first-order valence-electron chi connectivity index (χ1n) is 6.65.